The first kappa shape index (κ1) is 14.8. The summed E-state index contributed by atoms with van der Waals surface area (Å²) in [6, 6.07) is 10.1. The Morgan fingerprint density at radius 1 is 1.19 bits per heavy atom. The van der Waals surface area contributed by atoms with Crippen LogP contribution < -0.4 is 10.1 Å². The number of ether oxygens (including phenoxy) is 1. The Labute approximate surface area is 120 Å². The molecule has 6 heteroatoms. The minimum atomic E-state index is -2.90. The van der Waals surface area contributed by atoms with Crippen LogP contribution in [0.15, 0.2) is 42.5 Å². The quantitative estimate of drug-likeness (QED) is 0.906. The Hall–Kier alpha value is -2.63. The van der Waals surface area contributed by atoms with Gasteiger partial charge in [0, 0.05) is 16.8 Å². The number of alkyl halides is 2. The van der Waals surface area contributed by atoms with E-state index in [0.717, 1.165) is 0 Å². The van der Waals surface area contributed by atoms with Gasteiger partial charge in [0.2, 0.25) is 0 Å². The van der Waals surface area contributed by atoms with Gasteiger partial charge in [-0.3, -0.25) is 4.79 Å². The predicted octanol–water partition coefficient (Wildman–Crippen LogP) is 3.55. The molecule has 21 heavy (non-hydrogen) atoms. The van der Waals surface area contributed by atoms with E-state index in [9.17, 15) is 18.7 Å². The zero-order valence-electron chi connectivity index (χ0n) is 11.1. The molecule has 0 heterocycles. The maximum Gasteiger partial charge on any atom is 0.387 e. The van der Waals surface area contributed by atoms with Crippen LogP contribution in [0.4, 0.5) is 14.5 Å². The Balaban J connectivity index is 2.11. The average Bonchev–Trinajstić information content (AvgIpc) is 2.44. The number of anilines is 1. The van der Waals surface area contributed by atoms with Crippen LogP contribution in [-0.2, 0) is 0 Å². The molecule has 0 unspecified atom stereocenters. The lowest BCUT2D eigenvalue weighted by Gasteiger charge is -2.10. The molecule has 1 amide bonds. The first-order valence-electron chi connectivity index (χ1n) is 6.12. The lowest BCUT2D eigenvalue weighted by molar-refractivity contribution is -0.0498. The topological polar surface area (TPSA) is 58.6 Å². The van der Waals surface area contributed by atoms with Gasteiger partial charge < -0.3 is 15.2 Å². The van der Waals surface area contributed by atoms with Crippen LogP contribution in [0.25, 0.3) is 0 Å². The van der Waals surface area contributed by atoms with Crippen molar-refractivity contribution in [2.45, 2.75) is 13.5 Å². The fourth-order valence-electron chi connectivity index (χ4n) is 1.74. The highest BCUT2D eigenvalue weighted by Crippen LogP contribution is 2.24. The second-order valence-corrected chi connectivity index (χ2v) is 4.31. The molecule has 0 aliphatic heterocycles. The van der Waals surface area contributed by atoms with Gasteiger partial charge in [0.05, 0.1) is 0 Å². The van der Waals surface area contributed by atoms with Crippen molar-refractivity contribution in [3.05, 3.63) is 53.6 Å². The number of aromatic hydroxyl groups is 1. The Morgan fingerprint density at radius 2 is 1.86 bits per heavy atom. The molecular formula is C15H13F2NO3. The third kappa shape index (κ3) is 3.68. The Bertz CT molecular complexity index is 642. The monoisotopic (exact) mass is 293 g/mol. The summed E-state index contributed by atoms with van der Waals surface area (Å²) in [6.45, 7) is -1.23. The van der Waals surface area contributed by atoms with Crippen LogP contribution in [0.1, 0.15) is 15.9 Å². The van der Waals surface area contributed by atoms with Gasteiger partial charge in [-0.15, -0.1) is 0 Å². The maximum atomic E-state index is 12.0. The summed E-state index contributed by atoms with van der Waals surface area (Å²) in [7, 11) is 0. The van der Waals surface area contributed by atoms with E-state index in [1.54, 1.807) is 19.1 Å². The maximum absolute atomic E-state index is 12.0. The van der Waals surface area contributed by atoms with Gasteiger partial charge in [0.15, 0.2) is 0 Å². The minimum absolute atomic E-state index is 0.0184. The molecule has 110 valence electrons. The van der Waals surface area contributed by atoms with Crippen LogP contribution in [0, 0.1) is 6.92 Å². The summed E-state index contributed by atoms with van der Waals surface area (Å²) in [5.41, 5.74) is 1.32. The summed E-state index contributed by atoms with van der Waals surface area (Å²) in [5.74, 6) is -0.351. The number of hydrogen-bond acceptors (Lipinski definition) is 3. The van der Waals surface area contributed by atoms with E-state index < -0.39 is 12.5 Å². The van der Waals surface area contributed by atoms with Crippen LogP contribution in [-0.4, -0.2) is 17.6 Å². The molecule has 0 aromatic heterocycles. The van der Waals surface area contributed by atoms with Crippen LogP contribution >= 0.6 is 0 Å². The van der Waals surface area contributed by atoms with E-state index >= 15 is 0 Å². The fraction of sp³-hybridized carbons (Fsp3) is 0.133. The molecule has 0 atom stereocenters. The lowest BCUT2D eigenvalue weighted by Crippen LogP contribution is -2.12. The van der Waals surface area contributed by atoms with Crippen molar-refractivity contribution >= 4 is 11.6 Å². The van der Waals surface area contributed by atoms with Crippen molar-refractivity contribution in [3.8, 4) is 11.5 Å². The van der Waals surface area contributed by atoms with Gasteiger partial charge >= 0.3 is 6.61 Å². The van der Waals surface area contributed by atoms with Gasteiger partial charge in [-0.25, -0.2) is 0 Å². The van der Waals surface area contributed by atoms with Gasteiger partial charge in [-0.1, -0.05) is 6.07 Å². The molecule has 0 aliphatic carbocycles. The van der Waals surface area contributed by atoms with E-state index in [0.29, 0.717) is 16.8 Å². The van der Waals surface area contributed by atoms with Crippen molar-refractivity contribution in [1.82, 2.24) is 0 Å². The molecular weight excluding hydrogens is 280 g/mol. The second-order valence-electron chi connectivity index (χ2n) is 4.31. The lowest BCUT2D eigenvalue weighted by atomic mass is 10.1. The molecule has 2 aromatic rings. The standard InChI is InChI=1S/C15H13F2NO3/c1-9-12(3-2-4-13(9)19)18-14(20)10-5-7-11(8-6-10)21-15(16)17/h2-8,15,19H,1H3,(H,18,20). The number of halogens is 2. The highest BCUT2D eigenvalue weighted by atomic mass is 19.3. The van der Waals surface area contributed by atoms with Crippen molar-refractivity contribution in [2.75, 3.05) is 5.32 Å². The number of rotatable bonds is 4. The largest absolute Gasteiger partial charge is 0.508 e. The van der Waals surface area contributed by atoms with Crippen molar-refractivity contribution in [3.63, 3.8) is 0 Å². The molecule has 0 bridgehead atoms. The SMILES string of the molecule is Cc1c(O)cccc1NC(=O)c1ccc(OC(F)F)cc1. The predicted molar refractivity (Wildman–Crippen MR) is 73.9 cm³/mol. The summed E-state index contributed by atoms with van der Waals surface area (Å²) in [4.78, 5) is 12.0. The zero-order valence-corrected chi connectivity index (χ0v) is 11.1. The third-order valence-electron chi connectivity index (χ3n) is 2.90. The summed E-state index contributed by atoms with van der Waals surface area (Å²) in [5, 5.41) is 12.2. The van der Waals surface area contributed by atoms with Gasteiger partial charge in [-0.05, 0) is 43.3 Å². The molecule has 2 aromatic carbocycles. The van der Waals surface area contributed by atoms with E-state index in [1.807, 2.05) is 0 Å². The number of amides is 1. The van der Waals surface area contributed by atoms with Crippen LogP contribution in [0.5, 0.6) is 11.5 Å². The first-order valence-corrected chi connectivity index (χ1v) is 6.12. The normalized spacial score (nSPS) is 10.5. The van der Waals surface area contributed by atoms with Crippen molar-refractivity contribution in [1.29, 1.82) is 0 Å². The second kappa shape index (κ2) is 6.21. The molecule has 0 radical (unpaired) electrons. The molecule has 0 spiro atoms. The van der Waals surface area contributed by atoms with Gasteiger partial charge in [0.1, 0.15) is 11.5 Å². The number of phenolic OH excluding ortho intramolecular Hbond substituents is 1. The summed E-state index contributed by atoms with van der Waals surface area (Å²) in [6.07, 6.45) is 0. The first-order chi connectivity index (χ1) is 9.97. The third-order valence-corrected chi connectivity index (χ3v) is 2.90. The average molecular weight is 293 g/mol. The van der Waals surface area contributed by atoms with Gasteiger partial charge in [-0.2, -0.15) is 8.78 Å². The minimum Gasteiger partial charge on any atom is -0.508 e. The molecule has 0 saturated heterocycles. The summed E-state index contributed by atoms with van der Waals surface area (Å²) >= 11 is 0. The fourth-order valence-corrected chi connectivity index (χ4v) is 1.74. The number of hydrogen-bond donors (Lipinski definition) is 2. The van der Waals surface area contributed by atoms with E-state index in [-0.39, 0.29) is 11.5 Å². The molecule has 0 aliphatic rings. The highest BCUT2D eigenvalue weighted by Gasteiger charge is 2.10. The molecule has 0 fully saturated rings. The smallest absolute Gasteiger partial charge is 0.387 e. The van der Waals surface area contributed by atoms with Crippen LogP contribution in [0.2, 0.25) is 0 Å². The number of phenols is 1. The van der Waals surface area contributed by atoms with Crippen LogP contribution in [0.3, 0.4) is 0 Å². The van der Waals surface area contributed by atoms with Gasteiger partial charge in [0.25, 0.3) is 5.91 Å². The van der Waals surface area contributed by atoms with E-state index in [1.165, 1.54) is 30.3 Å². The van der Waals surface area contributed by atoms with Crippen molar-refractivity contribution in [2.24, 2.45) is 0 Å². The molecule has 2 rings (SSSR count). The number of carbonyl (C=O) groups is 1. The highest BCUT2D eigenvalue weighted by molar-refractivity contribution is 6.04. The zero-order chi connectivity index (χ0) is 15.4. The van der Waals surface area contributed by atoms with Crippen molar-refractivity contribution < 1.29 is 23.4 Å². The number of nitrogens with one attached hydrogen (secondary N) is 1. The number of benzene rings is 2. The molecule has 4 nitrogen and oxygen atoms in total. The number of carbonyl (C=O) groups excluding carboxylic acids is 1. The van der Waals surface area contributed by atoms with E-state index in [2.05, 4.69) is 10.1 Å². The molecule has 2 N–H and O–H groups in total. The Morgan fingerprint density at radius 3 is 2.48 bits per heavy atom. The van der Waals surface area contributed by atoms with E-state index in [4.69, 9.17) is 0 Å². The summed E-state index contributed by atoms with van der Waals surface area (Å²) < 4.78 is 28.3. The molecule has 0 saturated carbocycles. The Kier molecular flexibility index (Phi) is 4.37.